The lowest BCUT2D eigenvalue weighted by molar-refractivity contribution is 0.0573. The molecule has 2 aliphatic heterocycles. The molecule has 2 saturated heterocycles. The fourth-order valence-electron chi connectivity index (χ4n) is 2.96. The van der Waals surface area contributed by atoms with Gasteiger partial charge in [-0.3, -0.25) is 4.90 Å². The Morgan fingerprint density at radius 1 is 1.10 bits per heavy atom. The highest BCUT2D eigenvalue weighted by Gasteiger charge is 2.30. The first-order valence-electron chi connectivity index (χ1n) is 8.22. The van der Waals surface area contributed by atoms with Gasteiger partial charge in [0.2, 0.25) is 0 Å². The molecule has 0 amide bonds. The summed E-state index contributed by atoms with van der Waals surface area (Å²) >= 11 is 0. The minimum absolute atomic E-state index is 0.163. The third-order valence-electron chi connectivity index (χ3n) is 4.81. The Hall–Kier alpha value is 0.0569. The van der Waals surface area contributed by atoms with Gasteiger partial charge in [0, 0.05) is 13.1 Å². The molecule has 0 saturated carbocycles. The van der Waals surface area contributed by atoms with Crippen LogP contribution >= 0.6 is 0 Å². The third-order valence-corrected chi connectivity index (χ3v) is 5.67. The Labute approximate surface area is 126 Å². The van der Waals surface area contributed by atoms with Crippen molar-refractivity contribution < 1.29 is 13.9 Å². The fraction of sp³-hybridized carbons (Fsp3) is 1.00. The molecule has 0 bridgehead atoms. The molecule has 2 aliphatic rings. The Balaban J connectivity index is 1.63. The van der Waals surface area contributed by atoms with Crippen molar-refractivity contribution in [3.63, 3.8) is 0 Å². The van der Waals surface area contributed by atoms with Crippen LogP contribution < -0.4 is 0 Å². The predicted octanol–water partition coefficient (Wildman–Crippen LogP) is 1.11. The summed E-state index contributed by atoms with van der Waals surface area (Å²) in [4.78, 5) is 2.52. The number of epoxide rings is 2. The van der Waals surface area contributed by atoms with E-state index in [1.807, 2.05) is 0 Å². The third kappa shape index (κ3) is 5.45. The first-order valence-corrected chi connectivity index (χ1v) is 9.03. The van der Waals surface area contributed by atoms with Crippen molar-refractivity contribution in [2.45, 2.75) is 63.8 Å². The smallest absolute Gasteiger partial charge is 0.146 e. The van der Waals surface area contributed by atoms with Crippen LogP contribution in [0.1, 0.15) is 46.0 Å². The van der Waals surface area contributed by atoms with Crippen LogP contribution in [0.15, 0.2) is 0 Å². The zero-order chi connectivity index (χ0) is 14.4. The van der Waals surface area contributed by atoms with E-state index < -0.39 is 0 Å². The Bertz CT molecular complexity index is 256. The molecule has 2 rings (SSSR count). The van der Waals surface area contributed by atoms with Gasteiger partial charge >= 0.3 is 0 Å². The van der Waals surface area contributed by atoms with Gasteiger partial charge in [0.25, 0.3) is 0 Å². The van der Waals surface area contributed by atoms with Gasteiger partial charge in [0.15, 0.2) is 0 Å². The van der Waals surface area contributed by atoms with Crippen molar-refractivity contribution in [1.82, 2.24) is 4.90 Å². The van der Waals surface area contributed by atoms with E-state index in [1.54, 1.807) is 0 Å². The largest absolute Gasteiger partial charge is 0.422 e. The Morgan fingerprint density at radius 2 is 1.65 bits per heavy atom. The quantitative estimate of drug-likeness (QED) is 0.307. The summed E-state index contributed by atoms with van der Waals surface area (Å²) < 4.78 is 16.6. The Morgan fingerprint density at radius 3 is 2.05 bits per heavy atom. The van der Waals surface area contributed by atoms with Gasteiger partial charge < -0.3 is 13.9 Å². The summed E-state index contributed by atoms with van der Waals surface area (Å²) in [6.45, 7) is 9.75. The average molecular weight is 302 g/mol. The van der Waals surface area contributed by atoms with E-state index in [0.717, 1.165) is 49.6 Å². The molecule has 0 aromatic rings. The lowest BCUT2D eigenvalue weighted by Crippen LogP contribution is -2.33. The molecule has 2 fully saturated rings. The molecule has 2 unspecified atom stereocenters. The molecule has 0 aromatic heterocycles. The zero-order valence-electron chi connectivity index (χ0n) is 13.4. The molecule has 4 nitrogen and oxygen atoms in total. The van der Waals surface area contributed by atoms with E-state index in [4.69, 9.17) is 13.9 Å². The SMILES string of the molecule is CCC(CC)(CCCCN(CC1CO1)CC1CO1)O[SiH3]. The van der Waals surface area contributed by atoms with E-state index in [9.17, 15) is 0 Å². The van der Waals surface area contributed by atoms with Crippen molar-refractivity contribution in [3.05, 3.63) is 0 Å². The number of hydrogen-bond donors (Lipinski definition) is 0. The van der Waals surface area contributed by atoms with E-state index >= 15 is 0 Å². The highest BCUT2D eigenvalue weighted by atomic mass is 28.2. The highest BCUT2D eigenvalue weighted by Crippen LogP contribution is 2.26. The lowest BCUT2D eigenvalue weighted by Gasteiger charge is -2.31. The highest BCUT2D eigenvalue weighted by molar-refractivity contribution is 5.98. The zero-order valence-corrected chi connectivity index (χ0v) is 15.4. The van der Waals surface area contributed by atoms with Crippen molar-refractivity contribution in [2.24, 2.45) is 0 Å². The van der Waals surface area contributed by atoms with Crippen LogP contribution in [-0.2, 0) is 13.9 Å². The molecule has 2 atom stereocenters. The first-order chi connectivity index (χ1) is 9.71. The second-order valence-electron chi connectivity index (χ2n) is 6.22. The molecule has 0 N–H and O–H groups in total. The molecule has 0 spiro atoms. The maximum atomic E-state index is 5.88. The van der Waals surface area contributed by atoms with Crippen LogP contribution in [0.5, 0.6) is 0 Å². The van der Waals surface area contributed by atoms with Gasteiger partial charge in [-0.25, -0.2) is 0 Å². The van der Waals surface area contributed by atoms with Crippen LogP contribution in [0.2, 0.25) is 0 Å². The molecular weight excluding hydrogens is 270 g/mol. The van der Waals surface area contributed by atoms with Gasteiger partial charge in [-0.1, -0.05) is 13.8 Å². The number of unbranched alkanes of at least 4 members (excludes halogenated alkanes) is 1. The van der Waals surface area contributed by atoms with E-state index in [2.05, 4.69) is 18.7 Å². The van der Waals surface area contributed by atoms with Gasteiger partial charge in [0.05, 0.1) is 31.0 Å². The predicted molar refractivity (Wildman–Crippen MR) is 84.1 cm³/mol. The van der Waals surface area contributed by atoms with Crippen molar-refractivity contribution >= 4 is 10.5 Å². The van der Waals surface area contributed by atoms with Crippen molar-refractivity contribution in [2.75, 3.05) is 32.8 Å². The summed E-state index contributed by atoms with van der Waals surface area (Å²) in [6.07, 6.45) is 6.99. The minimum Gasteiger partial charge on any atom is -0.422 e. The van der Waals surface area contributed by atoms with Gasteiger partial charge in [-0.05, 0) is 38.6 Å². The van der Waals surface area contributed by atoms with Gasteiger partial charge in [-0.15, -0.1) is 0 Å². The molecule has 20 heavy (non-hydrogen) atoms. The van der Waals surface area contributed by atoms with E-state index in [-0.39, 0.29) is 5.60 Å². The number of nitrogens with zero attached hydrogens (tertiary/aromatic N) is 1. The number of ether oxygens (including phenoxy) is 2. The molecule has 0 aromatic carbocycles. The van der Waals surface area contributed by atoms with Crippen LogP contribution in [0.3, 0.4) is 0 Å². The van der Waals surface area contributed by atoms with E-state index in [0.29, 0.717) is 12.2 Å². The monoisotopic (exact) mass is 301 g/mol. The molecular formula is C15H31NO3Si. The summed E-state index contributed by atoms with van der Waals surface area (Å²) in [5.74, 6) is 0. The lowest BCUT2D eigenvalue weighted by atomic mass is 9.91. The Kier molecular flexibility index (Phi) is 6.48. The number of hydrogen-bond acceptors (Lipinski definition) is 4. The number of rotatable bonds is 12. The van der Waals surface area contributed by atoms with Crippen molar-refractivity contribution in [1.29, 1.82) is 0 Å². The standard InChI is InChI=1S/C15H31NO3Si/c1-3-15(4-2,19-20)7-5-6-8-16(9-13-11-17-13)10-14-12-18-14/h13-14H,3-12H2,1-2,20H3. The molecule has 0 radical (unpaired) electrons. The molecule has 2 heterocycles. The topological polar surface area (TPSA) is 37.5 Å². The van der Waals surface area contributed by atoms with Crippen LogP contribution in [0, 0.1) is 0 Å². The summed E-state index contributed by atoms with van der Waals surface area (Å²) in [5.41, 5.74) is 0.163. The van der Waals surface area contributed by atoms with Crippen LogP contribution in [-0.4, -0.2) is 66.0 Å². The second-order valence-corrected chi connectivity index (χ2v) is 6.63. The average Bonchev–Trinajstić information content (AvgIpc) is 3.36. The normalized spacial score (nSPS) is 25.4. The first kappa shape index (κ1) is 16.4. The van der Waals surface area contributed by atoms with Crippen molar-refractivity contribution in [3.8, 4) is 0 Å². The maximum absolute atomic E-state index is 5.88. The van der Waals surface area contributed by atoms with Crippen LogP contribution in [0.25, 0.3) is 0 Å². The summed E-state index contributed by atoms with van der Waals surface area (Å²) in [7, 11) is 0.850. The maximum Gasteiger partial charge on any atom is 0.146 e. The summed E-state index contributed by atoms with van der Waals surface area (Å²) in [6, 6.07) is 0. The molecule has 0 aliphatic carbocycles. The minimum atomic E-state index is 0.163. The van der Waals surface area contributed by atoms with E-state index in [1.165, 1.54) is 25.8 Å². The summed E-state index contributed by atoms with van der Waals surface area (Å²) in [5, 5.41) is 0. The second kappa shape index (κ2) is 7.89. The fourth-order valence-corrected chi connectivity index (χ4v) is 3.74. The molecule has 118 valence electrons. The van der Waals surface area contributed by atoms with Gasteiger partial charge in [-0.2, -0.15) is 0 Å². The molecule has 5 heteroatoms. The van der Waals surface area contributed by atoms with Gasteiger partial charge in [0.1, 0.15) is 10.5 Å². The van der Waals surface area contributed by atoms with Crippen LogP contribution in [0.4, 0.5) is 0 Å².